The number of hydrogen-bond acceptors (Lipinski definition) is 6. The summed E-state index contributed by atoms with van der Waals surface area (Å²) in [6.07, 6.45) is 0.835. The highest BCUT2D eigenvalue weighted by atomic mass is 16.6. The minimum atomic E-state index is -0.716. The van der Waals surface area contributed by atoms with E-state index in [9.17, 15) is 14.4 Å². The smallest absolute Gasteiger partial charge is 0.407 e. The molecule has 1 aliphatic rings. The molecule has 1 aromatic carbocycles. The van der Waals surface area contributed by atoms with E-state index in [1.807, 2.05) is 31.2 Å². The van der Waals surface area contributed by atoms with Gasteiger partial charge in [0, 0.05) is 25.2 Å². The standard InChI is InChI=1S/C24H37N3O6/c1-16(20(9-10-21(25)28)26-23(31)33-24(2,3)4)32-15-17-5-7-19(8-6-17)27-13-11-18(12-14-27)22(29)30/h5-8,16,18,20H,9-15H2,1-4H3,(H2,25,28)(H,26,31)(H,29,30)/t16-,20+/m1/s1. The molecule has 1 aromatic rings. The van der Waals surface area contributed by atoms with Gasteiger partial charge in [-0.05, 0) is 64.7 Å². The Bertz CT molecular complexity index is 797. The Balaban J connectivity index is 1.90. The zero-order valence-electron chi connectivity index (χ0n) is 20.0. The van der Waals surface area contributed by atoms with Gasteiger partial charge in [-0.3, -0.25) is 9.59 Å². The summed E-state index contributed by atoms with van der Waals surface area (Å²) < 4.78 is 11.3. The molecule has 1 heterocycles. The number of primary amides is 1. The maximum absolute atomic E-state index is 12.2. The second-order valence-corrected chi connectivity index (χ2v) is 9.54. The summed E-state index contributed by atoms with van der Waals surface area (Å²) in [4.78, 5) is 36.8. The van der Waals surface area contributed by atoms with Gasteiger partial charge < -0.3 is 30.5 Å². The third-order valence-corrected chi connectivity index (χ3v) is 5.63. The lowest BCUT2D eigenvalue weighted by atomic mass is 9.96. The first-order valence-corrected chi connectivity index (χ1v) is 11.4. The molecular weight excluding hydrogens is 426 g/mol. The van der Waals surface area contributed by atoms with Crippen molar-refractivity contribution in [2.45, 2.75) is 77.7 Å². The number of hydrogen-bond donors (Lipinski definition) is 3. The molecule has 4 N–H and O–H groups in total. The van der Waals surface area contributed by atoms with Crippen LogP contribution in [0.5, 0.6) is 0 Å². The van der Waals surface area contributed by atoms with E-state index in [0.29, 0.717) is 25.9 Å². The van der Waals surface area contributed by atoms with Gasteiger partial charge in [0.2, 0.25) is 5.91 Å². The minimum absolute atomic E-state index is 0.126. The fourth-order valence-corrected chi connectivity index (χ4v) is 3.71. The number of alkyl carbamates (subject to hydrolysis) is 1. The van der Waals surface area contributed by atoms with Crippen LogP contribution >= 0.6 is 0 Å². The quantitative estimate of drug-likeness (QED) is 0.486. The molecule has 0 aliphatic carbocycles. The van der Waals surface area contributed by atoms with E-state index >= 15 is 0 Å². The van der Waals surface area contributed by atoms with Crippen molar-refractivity contribution in [3.8, 4) is 0 Å². The first kappa shape index (κ1) is 26.4. The highest BCUT2D eigenvalue weighted by molar-refractivity contribution is 5.74. The number of anilines is 1. The van der Waals surface area contributed by atoms with Crippen LogP contribution in [0.15, 0.2) is 24.3 Å². The van der Waals surface area contributed by atoms with Gasteiger partial charge in [0.05, 0.1) is 24.7 Å². The van der Waals surface area contributed by atoms with Crippen LogP contribution in [0.1, 0.15) is 58.9 Å². The van der Waals surface area contributed by atoms with E-state index in [1.165, 1.54) is 0 Å². The maximum Gasteiger partial charge on any atom is 0.407 e. The molecule has 0 aromatic heterocycles. The van der Waals surface area contributed by atoms with Crippen molar-refractivity contribution in [1.29, 1.82) is 0 Å². The summed E-state index contributed by atoms with van der Waals surface area (Å²) in [7, 11) is 0. The Hall–Kier alpha value is -2.81. The van der Waals surface area contributed by atoms with Crippen molar-refractivity contribution < 1.29 is 29.0 Å². The Labute approximate surface area is 195 Å². The number of nitrogens with zero attached hydrogens (tertiary/aromatic N) is 1. The molecule has 0 unspecified atom stereocenters. The van der Waals surface area contributed by atoms with Gasteiger partial charge in [-0.1, -0.05) is 12.1 Å². The predicted octanol–water partition coefficient (Wildman–Crippen LogP) is 3.05. The van der Waals surface area contributed by atoms with E-state index in [-0.39, 0.29) is 18.4 Å². The van der Waals surface area contributed by atoms with Crippen LogP contribution in [0.2, 0.25) is 0 Å². The number of nitrogens with two attached hydrogens (primary N) is 1. The second-order valence-electron chi connectivity index (χ2n) is 9.54. The average molecular weight is 464 g/mol. The minimum Gasteiger partial charge on any atom is -0.481 e. The van der Waals surface area contributed by atoms with Crippen LogP contribution in [0.25, 0.3) is 0 Å². The molecular formula is C24H37N3O6. The van der Waals surface area contributed by atoms with Gasteiger partial charge in [-0.2, -0.15) is 0 Å². The number of carbonyl (C=O) groups excluding carboxylic acids is 2. The molecule has 0 radical (unpaired) electrons. The van der Waals surface area contributed by atoms with Crippen molar-refractivity contribution >= 4 is 23.7 Å². The van der Waals surface area contributed by atoms with Gasteiger partial charge in [-0.15, -0.1) is 0 Å². The van der Waals surface area contributed by atoms with E-state index in [0.717, 1.165) is 24.3 Å². The molecule has 9 heteroatoms. The number of carboxylic acids is 1. The zero-order valence-corrected chi connectivity index (χ0v) is 20.0. The summed E-state index contributed by atoms with van der Waals surface area (Å²) in [6.45, 7) is 8.97. The largest absolute Gasteiger partial charge is 0.481 e. The topological polar surface area (TPSA) is 131 Å². The molecule has 0 saturated carbocycles. The fourth-order valence-electron chi connectivity index (χ4n) is 3.71. The monoisotopic (exact) mass is 463 g/mol. The lowest BCUT2D eigenvalue weighted by Crippen LogP contribution is -2.45. The summed E-state index contributed by atoms with van der Waals surface area (Å²) in [5, 5.41) is 11.9. The highest BCUT2D eigenvalue weighted by Gasteiger charge is 2.26. The zero-order chi connectivity index (χ0) is 24.6. The summed E-state index contributed by atoms with van der Waals surface area (Å²) >= 11 is 0. The molecule has 33 heavy (non-hydrogen) atoms. The molecule has 1 saturated heterocycles. The number of carboxylic acid groups (broad SMARTS) is 1. The average Bonchev–Trinajstić information content (AvgIpc) is 2.74. The van der Waals surface area contributed by atoms with Crippen molar-refractivity contribution in [2.24, 2.45) is 11.7 Å². The van der Waals surface area contributed by atoms with Gasteiger partial charge in [0.15, 0.2) is 0 Å². The van der Waals surface area contributed by atoms with Crippen molar-refractivity contribution in [2.75, 3.05) is 18.0 Å². The summed E-state index contributed by atoms with van der Waals surface area (Å²) in [5.74, 6) is -1.42. The van der Waals surface area contributed by atoms with Crippen molar-refractivity contribution in [3.63, 3.8) is 0 Å². The fraction of sp³-hybridized carbons (Fsp3) is 0.625. The normalized spacial score (nSPS) is 16.7. The number of carbonyl (C=O) groups is 3. The number of piperidine rings is 1. The molecule has 2 rings (SSSR count). The van der Waals surface area contributed by atoms with Crippen molar-refractivity contribution in [1.82, 2.24) is 5.32 Å². The third kappa shape index (κ3) is 9.29. The number of amides is 2. The van der Waals surface area contributed by atoms with E-state index in [1.54, 1.807) is 20.8 Å². The first-order chi connectivity index (χ1) is 15.4. The number of nitrogens with one attached hydrogen (secondary N) is 1. The molecule has 2 atom stereocenters. The lowest BCUT2D eigenvalue weighted by molar-refractivity contribution is -0.142. The molecule has 2 amide bonds. The molecule has 0 bridgehead atoms. The Morgan fingerprint density at radius 3 is 2.30 bits per heavy atom. The first-order valence-electron chi connectivity index (χ1n) is 11.4. The SMILES string of the molecule is C[C@@H](OCc1ccc(N2CCC(C(=O)O)CC2)cc1)[C@H](CCC(N)=O)NC(=O)OC(C)(C)C. The van der Waals surface area contributed by atoms with Gasteiger partial charge >= 0.3 is 12.1 Å². The molecule has 9 nitrogen and oxygen atoms in total. The summed E-state index contributed by atoms with van der Waals surface area (Å²) in [6, 6.07) is 7.54. The number of benzene rings is 1. The second kappa shape index (κ2) is 11.9. The molecule has 0 spiro atoms. The third-order valence-electron chi connectivity index (χ3n) is 5.63. The van der Waals surface area contributed by atoms with Crippen LogP contribution in [-0.2, 0) is 25.7 Å². The summed E-state index contributed by atoms with van der Waals surface area (Å²) in [5.41, 5.74) is 6.67. The number of rotatable bonds is 10. The number of ether oxygens (including phenoxy) is 2. The highest BCUT2D eigenvalue weighted by Crippen LogP contribution is 2.24. The van der Waals surface area contributed by atoms with Crippen LogP contribution < -0.4 is 16.0 Å². The van der Waals surface area contributed by atoms with E-state index in [4.69, 9.17) is 20.3 Å². The van der Waals surface area contributed by atoms with Gasteiger partial charge in [0.25, 0.3) is 0 Å². The van der Waals surface area contributed by atoms with E-state index in [2.05, 4.69) is 10.2 Å². The number of aliphatic carboxylic acids is 1. The van der Waals surface area contributed by atoms with Crippen LogP contribution in [0.3, 0.4) is 0 Å². The van der Waals surface area contributed by atoms with Crippen molar-refractivity contribution in [3.05, 3.63) is 29.8 Å². The lowest BCUT2D eigenvalue weighted by Gasteiger charge is -2.32. The Kier molecular flexibility index (Phi) is 9.52. The van der Waals surface area contributed by atoms with Gasteiger partial charge in [-0.25, -0.2) is 4.79 Å². The maximum atomic E-state index is 12.2. The van der Waals surface area contributed by atoms with Gasteiger partial charge in [0.1, 0.15) is 5.60 Å². The molecule has 1 fully saturated rings. The van der Waals surface area contributed by atoms with Crippen LogP contribution in [0, 0.1) is 5.92 Å². The van der Waals surface area contributed by atoms with Crippen LogP contribution in [-0.4, -0.2) is 53.9 Å². The van der Waals surface area contributed by atoms with E-state index < -0.39 is 29.6 Å². The molecule has 1 aliphatic heterocycles. The molecule has 184 valence electrons. The predicted molar refractivity (Wildman–Crippen MR) is 125 cm³/mol. The Morgan fingerprint density at radius 1 is 1.18 bits per heavy atom. The Morgan fingerprint density at radius 2 is 1.79 bits per heavy atom. The van der Waals surface area contributed by atoms with Crippen LogP contribution in [0.4, 0.5) is 10.5 Å².